The first-order chi connectivity index (χ1) is 12.8. The van der Waals surface area contributed by atoms with Crippen LogP contribution in [0.2, 0.25) is 0 Å². The molecule has 0 amide bonds. The van der Waals surface area contributed by atoms with Crippen molar-refractivity contribution in [2.75, 3.05) is 0 Å². The molecule has 0 saturated carbocycles. The van der Waals surface area contributed by atoms with Crippen molar-refractivity contribution < 1.29 is 19.8 Å². The van der Waals surface area contributed by atoms with E-state index in [1.165, 1.54) is 0 Å². The molecule has 2 aromatic rings. The molecule has 1 heterocycles. The molecular weight excluding hydrogens is 346 g/mol. The summed E-state index contributed by atoms with van der Waals surface area (Å²) in [5.41, 5.74) is 1.35. The minimum atomic E-state index is -1.12. The van der Waals surface area contributed by atoms with Crippen molar-refractivity contribution in [3.8, 4) is 11.8 Å². The maximum absolute atomic E-state index is 11.5. The summed E-state index contributed by atoms with van der Waals surface area (Å²) >= 11 is 0. The number of H-pyrrole nitrogens is 1. The number of carboxylic acids is 2. The van der Waals surface area contributed by atoms with Crippen molar-refractivity contribution in [1.29, 1.82) is 0 Å². The topological polar surface area (TPSA) is 115 Å². The summed E-state index contributed by atoms with van der Waals surface area (Å²) in [6, 6.07) is 7.45. The van der Waals surface area contributed by atoms with Gasteiger partial charge in [0, 0.05) is 18.2 Å². The molecule has 0 aliphatic carbocycles. The zero-order chi connectivity index (χ0) is 19.8. The van der Waals surface area contributed by atoms with Crippen molar-refractivity contribution in [2.24, 2.45) is 5.92 Å². The zero-order valence-electron chi connectivity index (χ0n) is 15.3. The Morgan fingerprint density at radius 2 is 1.78 bits per heavy atom. The van der Waals surface area contributed by atoms with E-state index in [0.717, 1.165) is 5.56 Å². The Balaban J connectivity index is 2.06. The molecule has 0 spiro atoms. The minimum absolute atomic E-state index is 0.0563. The molecule has 1 aromatic carbocycles. The Kier molecular flexibility index (Phi) is 7.15. The third-order valence-corrected chi connectivity index (χ3v) is 3.85. The fraction of sp³-hybridized carbons (Fsp3) is 0.350. The van der Waals surface area contributed by atoms with Crippen LogP contribution in [-0.2, 0) is 16.0 Å². The number of rotatable bonds is 8. The maximum atomic E-state index is 11.5. The number of hydrogen-bond acceptors (Lipinski definition) is 4. The fourth-order valence-electron chi connectivity index (χ4n) is 2.56. The normalized spacial score (nSPS) is 12.9. The van der Waals surface area contributed by atoms with Gasteiger partial charge >= 0.3 is 11.9 Å². The molecule has 0 aliphatic heterocycles. The second-order valence-corrected chi connectivity index (χ2v) is 6.64. The standard InChI is InChI=1S/C20H23N3O4/c1-13(2)10-16(19(24)25)23-17(20(26)27)11-15-12-21-18(22-15)9-8-14-6-4-3-5-7-14/h3-7,12-13,16-17,23H,10-11H2,1-2H3,(H,21,22)(H,24,25)(H,26,27). The van der Waals surface area contributed by atoms with Crippen molar-refractivity contribution in [1.82, 2.24) is 15.3 Å². The lowest BCUT2D eigenvalue weighted by atomic mass is 10.0. The predicted octanol–water partition coefficient (Wildman–Crippen LogP) is 1.89. The zero-order valence-corrected chi connectivity index (χ0v) is 15.3. The van der Waals surface area contributed by atoms with Crippen LogP contribution in [0, 0.1) is 17.8 Å². The monoisotopic (exact) mass is 369 g/mol. The van der Waals surface area contributed by atoms with E-state index < -0.39 is 24.0 Å². The molecule has 27 heavy (non-hydrogen) atoms. The summed E-state index contributed by atoms with van der Waals surface area (Å²) in [5, 5.41) is 21.5. The SMILES string of the molecule is CC(C)CC(NC(Cc1c[nH]c(C#Cc2ccccc2)n1)C(=O)O)C(=O)O. The number of carbonyl (C=O) groups is 2. The first-order valence-electron chi connectivity index (χ1n) is 8.68. The molecule has 0 fully saturated rings. The van der Waals surface area contributed by atoms with Gasteiger partial charge < -0.3 is 15.2 Å². The van der Waals surface area contributed by atoms with Crippen molar-refractivity contribution in [2.45, 2.75) is 38.8 Å². The molecule has 0 radical (unpaired) electrons. The Hall–Kier alpha value is -3.11. The number of benzene rings is 1. The van der Waals surface area contributed by atoms with Crippen LogP contribution in [0.3, 0.4) is 0 Å². The second-order valence-electron chi connectivity index (χ2n) is 6.64. The van der Waals surface area contributed by atoms with Gasteiger partial charge in [0.05, 0.1) is 5.69 Å². The average molecular weight is 369 g/mol. The highest BCUT2D eigenvalue weighted by atomic mass is 16.4. The van der Waals surface area contributed by atoms with Gasteiger partial charge in [-0.15, -0.1) is 0 Å². The first-order valence-corrected chi connectivity index (χ1v) is 8.68. The van der Waals surface area contributed by atoms with E-state index in [4.69, 9.17) is 0 Å². The highest BCUT2D eigenvalue weighted by molar-refractivity contribution is 5.77. The summed E-state index contributed by atoms with van der Waals surface area (Å²) in [5.74, 6) is 4.22. The lowest BCUT2D eigenvalue weighted by Gasteiger charge is -2.21. The van der Waals surface area contributed by atoms with E-state index in [2.05, 4.69) is 27.1 Å². The van der Waals surface area contributed by atoms with Crippen LogP contribution in [-0.4, -0.2) is 44.2 Å². The molecule has 2 rings (SSSR count). The third kappa shape index (κ3) is 6.60. The molecule has 4 N–H and O–H groups in total. The van der Waals surface area contributed by atoms with Gasteiger partial charge in [-0.1, -0.05) is 38.0 Å². The lowest BCUT2D eigenvalue weighted by Crippen LogP contribution is -2.48. The molecule has 142 valence electrons. The van der Waals surface area contributed by atoms with Crippen LogP contribution in [0.1, 0.15) is 37.4 Å². The van der Waals surface area contributed by atoms with Gasteiger partial charge in [0.25, 0.3) is 0 Å². The highest BCUT2D eigenvalue weighted by Crippen LogP contribution is 2.09. The number of aromatic amines is 1. The molecule has 2 unspecified atom stereocenters. The number of aliphatic carboxylic acids is 2. The summed E-state index contributed by atoms with van der Waals surface area (Å²) in [4.78, 5) is 30.1. The Morgan fingerprint density at radius 3 is 2.37 bits per heavy atom. The van der Waals surface area contributed by atoms with E-state index in [-0.39, 0.29) is 12.3 Å². The Bertz CT molecular complexity index is 834. The largest absolute Gasteiger partial charge is 0.480 e. The Morgan fingerprint density at radius 1 is 1.11 bits per heavy atom. The minimum Gasteiger partial charge on any atom is -0.480 e. The third-order valence-electron chi connectivity index (χ3n) is 3.85. The van der Waals surface area contributed by atoms with Crippen LogP contribution >= 0.6 is 0 Å². The van der Waals surface area contributed by atoms with Gasteiger partial charge in [-0.2, -0.15) is 0 Å². The molecule has 7 heteroatoms. The van der Waals surface area contributed by atoms with Crippen LogP contribution in [0.5, 0.6) is 0 Å². The molecule has 0 saturated heterocycles. The van der Waals surface area contributed by atoms with Gasteiger partial charge in [-0.3, -0.25) is 14.9 Å². The predicted molar refractivity (Wildman–Crippen MR) is 100 cm³/mol. The molecule has 1 aromatic heterocycles. The van der Waals surface area contributed by atoms with Gasteiger partial charge in [-0.25, -0.2) is 4.98 Å². The van der Waals surface area contributed by atoms with Crippen molar-refractivity contribution in [3.05, 3.63) is 53.6 Å². The van der Waals surface area contributed by atoms with E-state index in [0.29, 0.717) is 17.9 Å². The second kappa shape index (κ2) is 9.55. The highest BCUT2D eigenvalue weighted by Gasteiger charge is 2.27. The summed E-state index contributed by atoms with van der Waals surface area (Å²) in [7, 11) is 0. The molecule has 7 nitrogen and oxygen atoms in total. The summed E-state index contributed by atoms with van der Waals surface area (Å²) in [6.07, 6.45) is 1.99. The average Bonchev–Trinajstić information content (AvgIpc) is 3.06. The number of nitrogens with zero attached hydrogens (tertiary/aromatic N) is 1. The summed E-state index contributed by atoms with van der Waals surface area (Å²) in [6.45, 7) is 3.78. The van der Waals surface area contributed by atoms with Gasteiger partial charge in [-0.05, 0) is 30.4 Å². The Labute approximate surface area is 157 Å². The maximum Gasteiger partial charge on any atom is 0.321 e. The molecular formula is C20H23N3O4. The van der Waals surface area contributed by atoms with E-state index in [1.54, 1.807) is 6.20 Å². The van der Waals surface area contributed by atoms with Gasteiger partial charge in [0.2, 0.25) is 0 Å². The number of nitrogens with one attached hydrogen (secondary N) is 2. The number of aromatic nitrogens is 2. The molecule has 0 bridgehead atoms. The van der Waals surface area contributed by atoms with Crippen LogP contribution in [0.4, 0.5) is 0 Å². The molecule has 0 aliphatic rings. The van der Waals surface area contributed by atoms with Crippen molar-refractivity contribution >= 4 is 11.9 Å². The van der Waals surface area contributed by atoms with Crippen molar-refractivity contribution in [3.63, 3.8) is 0 Å². The van der Waals surface area contributed by atoms with Crippen LogP contribution in [0.15, 0.2) is 36.5 Å². The van der Waals surface area contributed by atoms with E-state index in [9.17, 15) is 19.8 Å². The number of carboxylic acid groups (broad SMARTS) is 2. The lowest BCUT2D eigenvalue weighted by molar-refractivity contribution is -0.142. The first kappa shape index (κ1) is 20.2. The molecule has 2 atom stereocenters. The van der Waals surface area contributed by atoms with E-state index in [1.807, 2.05) is 44.2 Å². The van der Waals surface area contributed by atoms with E-state index >= 15 is 0 Å². The number of hydrogen-bond donors (Lipinski definition) is 4. The fourth-order valence-corrected chi connectivity index (χ4v) is 2.56. The van der Waals surface area contributed by atoms with Crippen LogP contribution in [0.25, 0.3) is 0 Å². The summed E-state index contributed by atoms with van der Waals surface area (Å²) < 4.78 is 0. The smallest absolute Gasteiger partial charge is 0.321 e. The van der Waals surface area contributed by atoms with Gasteiger partial charge in [0.15, 0.2) is 5.82 Å². The van der Waals surface area contributed by atoms with Crippen LogP contribution < -0.4 is 5.32 Å². The quantitative estimate of drug-likeness (QED) is 0.528. The van der Waals surface area contributed by atoms with Gasteiger partial charge in [0.1, 0.15) is 12.1 Å². The number of imidazole rings is 1.